The lowest BCUT2D eigenvalue weighted by Gasteiger charge is -2.58. The third kappa shape index (κ3) is 1.29. The van der Waals surface area contributed by atoms with Crippen molar-refractivity contribution in [1.29, 1.82) is 0 Å². The number of carbonyl (C=O) groups is 2. The van der Waals surface area contributed by atoms with Gasteiger partial charge in [-0.2, -0.15) is 0 Å². The summed E-state index contributed by atoms with van der Waals surface area (Å²) in [6.45, 7) is 1.32. The fourth-order valence-electron chi connectivity index (χ4n) is 7.32. The first kappa shape index (κ1) is 14.0. The highest BCUT2D eigenvalue weighted by Gasteiger charge is 2.72. The molecule has 2 amide bonds. The van der Waals surface area contributed by atoms with Crippen LogP contribution in [0.3, 0.4) is 0 Å². The third-order valence-corrected chi connectivity index (χ3v) is 8.07. The van der Waals surface area contributed by atoms with Crippen LogP contribution in [0.15, 0.2) is 35.9 Å². The largest absolute Gasteiger partial charge is 0.373 e. The highest BCUT2D eigenvalue weighted by molar-refractivity contribution is 6.00. The summed E-state index contributed by atoms with van der Waals surface area (Å²) in [6, 6.07) is 8.59. The summed E-state index contributed by atoms with van der Waals surface area (Å²) >= 11 is 0. The fraction of sp³-hybridized carbons (Fsp3) is 0.524. The zero-order chi connectivity index (χ0) is 17.2. The van der Waals surface area contributed by atoms with Crippen molar-refractivity contribution in [2.75, 3.05) is 18.1 Å². The van der Waals surface area contributed by atoms with E-state index in [2.05, 4.69) is 34.1 Å². The molecule has 1 spiro atoms. The van der Waals surface area contributed by atoms with Crippen molar-refractivity contribution in [2.45, 2.75) is 42.9 Å². The first-order valence-corrected chi connectivity index (χ1v) is 9.72. The minimum Gasteiger partial charge on any atom is -0.373 e. The molecule has 3 saturated heterocycles. The van der Waals surface area contributed by atoms with E-state index in [1.165, 1.54) is 11.1 Å². The first-order valence-electron chi connectivity index (χ1n) is 9.72. The molecule has 26 heavy (non-hydrogen) atoms. The molecule has 1 saturated carbocycles. The molecule has 1 aliphatic carbocycles. The zero-order valence-electron chi connectivity index (χ0n) is 14.4. The molecule has 5 aliphatic heterocycles. The number of ether oxygens (including phenoxy) is 1. The number of para-hydroxylation sites is 1. The van der Waals surface area contributed by atoms with E-state index in [0.29, 0.717) is 31.3 Å². The highest BCUT2D eigenvalue weighted by atomic mass is 16.5. The molecule has 2 bridgehead atoms. The number of rotatable bonds is 0. The van der Waals surface area contributed by atoms with E-state index in [0.717, 1.165) is 18.7 Å². The highest BCUT2D eigenvalue weighted by Crippen LogP contribution is 2.65. The van der Waals surface area contributed by atoms with Crippen molar-refractivity contribution < 1.29 is 14.3 Å². The van der Waals surface area contributed by atoms with Crippen molar-refractivity contribution >= 4 is 17.5 Å². The van der Waals surface area contributed by atoms with Crippen LogP contribution < -0.4 is 4.90 Å². The van der Waals surface area contributed by atoms with Gasteiger partial charge in [-0.1, -0.05) is 24.3 Å². The van der Waals surface area contributed by atoms with E-state index in [1.807, 2.05) is 6.07 Å². The molecule has 5 heterocycles. The van der Waals surface area contributed by atoms with Gasteiger partial charge in [-0.25, -0.2) is 0 Å². The summed E-state index contributed by atoms with van der Waals surface area (Å²) in [4.78, 5) is 30.4. The lowest BCUT2D eigenvalue weighted by Crippen LogP contribution is -2.69. The summed E-state index contributed by atoms with van der Waals surface area (Å²) < 4.78 is 6.19. The zero-order valence-corrected chi connectivity index (χ0v) is 14.4. The van der Waals surface area contributed by atoms with Crippen molar-refractivity contribution in [3.63, 3.8) is 0 Å². The minimum absolute atomic E-state index is 0.0168. The van der Waals surface area contributed by atoms with E-state index in [-0.39, 0.29) is 35.4 Å². The number of anilines is 1. The van der Waals surface area contributed by atoms with Crippen LogP contribution in [-0.2, 0) is 19.7 Å². The van der Waals surface area contributed by atoms with Gasteiger partial charge in [0, 0.05) is 36.0 Å². The Kier molecular flexibility index (Phi) is 2.27. The number of amides is 2. The molecule has 1 aromatic rings. The van der Waals surface area contributed by atoms with Gasteiger partial charge in [0.2, 0.25) is 11.8 Å². The number of carbonyl (C=O) groups excluding carboxylic acids is 2. The maximum absolute atomic E-state index is 13.2. The van der Waals surface area contributed by atoms with E-state index in [1.54, 1.807) is 0 Å². The Morgan fingerprint density at radius 3 is 2.96 bits per heavy atom. The summed E-state index contributed by atoms with van der Waals surface area (Å²) in [5, 5.41) is 0. The number of benzene rings is 1. The number of hydrogen-bond donors (Lipinski definition) is 0. The Bertz CT molecular complexity index is 924. The number of piperidine rings is 2. The van der Waals surface area contributed by atoms with Crippen LogP contribution in [0, 0.1) is 11.8 Å². The molecule has 132 valence electrons. The topological polar surface area (TPSA) is 49.9 Å². The SMILES string of the molecule is O=C1C[C@]23c4ccccc4N4C(=O)C[C@@H]5OCC=C6CN1[C@H]2C[C@@H]6[C@@H]5[C@H]43. The summed E-state index contributed by atoms with van der Waals surface area (Å²) in [5.74, 6) is 1.17. The molecule has 0 N–H and O–H groups in total. The molecular weight excluding hydrogens is 328 g/mol. The predicted octanol–water partition coefficient (Wildman–Crippen LogP) is 1.62. The van der Waals surface area contributed by atoms with E-state index in [9.17, 15) is 9.59 Å². The van der Waals surface area contributed by atoms with Crippen LogP contribution in [0.1, 0.15) is 24.8 Å². The summed E-state index contributed by atoms with van der Waals surface area (Å²) in [6.07, 6.45) is 4.19. The molecule has 4 fully saturated rings. The maximum atomic E-state index is 13.2. The van der Waals surface area contributed by atoms with Gasteiger partial charge in [-0.05, 0) is 29.5 Å². The molecule has 5 heteroatoms. The van der Waals surface area contributed by atoms with Crippen LogP contribution in [0.2, 0.25) is 0 Å². The van der Waals surface area contributed by atoms with Gasteiger partial charge in [-0.3, -0.25) is 9.59 Å². The Hall–Kier alpha value is -2.14. The average Bonchev–Trinajstić information content (AvgIpc) is 3.03. The van der Waals surface area contributed by atoms with Crippen molar-refractivity contribution in [3.05, 3.63) is 41.5 Å². The van der Waals surface area contributed by atoms with Crippen molar-refractivity contribution in [1.82, 2.24) is 4.90 Å². The van der Waals surface area contributed by atoms with Gasteiger partial charge in [0.25, 0.3) is 0 Å². The molecule has 0 unspecified atom stereocenters. The second-order valence-electron chi connectivity index (χ2n) is 8.75. The Balaban J connectivity index is 1.57. The van der Waals surface area contributed by atoms with Crippen LogP contribution in [0.25, 0.3) is 0 Å². The van der Waals surface area contributed by atoms with Crippen molar-refractivity contribution in [2.24, 2.45) is 11.8 Å². The summed E-state index contributed by atoms with van der Waals surface area (Å²) in [7, 11) is 0. The molecule has 6 atom stereocenters. The minimum atomic E-state index is -0.248. The van der Waals surface area contributed by atoms with E-state index >= 15 is 0 Å². The smallest absolute Gasteiger partial charge is 0.229 e. The number of nitrogens with zero attached hydrogens (tertiary/aromatic N) is 2. The van der Waals surface area contributed by atoms with Crippen LogP contribution in [-0.4, -0.2) is 48.1 Å². The fourth-order valence-corrected chi connectivity index (χ4v) is 7.32. The Morgan fingerprint density at radius 2 is 2.04 bits per heavy atom. The molecular formula is C21H20N2O3. The molecule has 0 radical (unpaired) electrons. The summed E-state index contributed by atoms with van der Waals surface area (Å²) in [5.41, 5.74) is 3.37. The van der Waals surface area contributed by atoms with Crippen LogP contribution >= 0.6 is 0 Å². The van der Waals surface area contributed by atoms with Gasteiger partial charge < -0.3 is 14.5 Å². The Morgan fingerprint density at radius 1 is 1.15 bits per heavy atom. The van der Waals surface area contributed by atoms with Crippen molar-refractivity contribution in [3.8, 4) is 0 Å². The second-order valence-corrected chi connectivity index (χ2v) is 8.75. The standard InChI is InChI=1S/C21H20N2O3/c24-17-8-15-19-12-7-16-21(9-18(25)22(16)10-11(12)5-6-26-15)13-3-1-2-4-14(13)23(17)20(19)21/h1-5,12,15-16,19-20H,6-10H2/t12-,15-,16-,19-,20-,21-/m0/s1. The van der Waals surface area contributed by atoms with Crippen LogP contribution in [0.4, 0.5) is 5.69 Å². The second kappa shape index (κ2) is 4.22. The predicted molar refractivity (Wildman–Crippen MR) is 93.5 cm³/mol. The molecule has 0 aromatic heterocycles. The monoisotopic (exact) mass is 348 g/mol. The molecule has 7 rings (SSSR count). The average molecular weight is 348 g/mol. The first-order chi connectivity index (χ1) is 12.7. The number of fused-ring (bicyclic) bond motifs is 2. The molecule has 1 aromatic carbocycles. The van der Waals surface area contributed by atoms with Gasteiger partial charge in [0.1, 0.15) is 0 Å². The van der Waals surface area contributed by atoms with E-state index < -0.39 is 0 Å². The normalized spacial score (nSPS) is 44.0. The lowest BCUT2D eigenvalue weighted by molar-refractivity contribution is -0.133. The number of hydrogen-bond acceptors (Lipinski definition) is 3. The van der Waals surface area contributed by atoms with Gasteiger partial charge in [0.15, 0.2) is 0 Å². The molecule has 6 aliphatic rings. The van der Waals surface area contributed by atoms with Crippen LogP contribution in [0.5, 0.6) is 0 Å². The Labute approximate surface area is 151 Å². The molecule has 5 nitrogen and oxygen atoms in total. The van der Waals surface area contributed by atoms with Gasteiger partial charge >= 0.3 is 0 Å². The lowest BCUT2D eigenvalue weighted by atomic mass is 9.53. The maximum Gasteiger partial charge on any atom is 0.229 e. The quantitative estimate of drug-likeness (QED) is 0.670. The van der Waals surface area contributed by atoms with Gasteiger partial charge in [0.05, 0.1) is 25.2 Å². The third-order valence-electron chi connectivity index (χ3n) is 8.07. The van der Waals surface area contributed by atoms with Gasteiger partial charge in [-0.15, -0.1) is 0 Å². The van der Waals surface area contributed by atoms with E-state index in [4.69, 9.17) is 4.74 Å².